The molecule has 0 bridgehead atoms. The first-order valence-electron chi connectivity index (χ1n) is 6.84. The lowest BCUT2D eigenvalue weighted by Gasteiger charge is -2.10. The van der Waals surface area contributed by atoms with Crippen LogP contribution in [0.4, 0.5) is 5.82 Å². The number of sulfone groups is 1. The molecule has 1 fully saturated rings. The third-order valence-electron chi connectivity index (χ3n) is 3.79. The lowest BCUT2D eigenvalue weighted by atomic mass is 10.1. The second-order valence-corrected chi connectivity index (χ2v) is 7.42. The highest BCUT2D eigenvalue weighted by atomic mass is 32.2. The van der Waals surface area contributed by atoms with Gasteiger partial charge in [0.2, 0.25) is 0 Å². The highest BCUT2D eigenvalue weighted by Gasteiger charge is 2.32. The van der Waals surface area contributed by atoms with E-state index < -0.39 is 9.84 Å². The number of hydrogen-bond donors (Lipinski definition) is 1. The summed E-state index contributed by atoms with van der Waals surface area (Å²) < 4.78 is 25.0. The standard InChI is InChI=1S/C13H17N5O2S/c1-2-11-12(9-5-15-8-16-6-9)17-18(13(11)14)10-3-4-21(19,20)7-10/h5-6,8,10H,2-4,7,14H2,1H3. The van der Waals surface area contributed by atoms with Gasteiger partial charge in [-0.1, -0.05) is 6.92 Å². The molecule has 0 aromatic carbocycles. The van der Waals surface area contributed by atoms with Crippen LogP contribution in [0.5, 0.6) is 0 Å². The first-order chi connectivity index (χ1) is 10.0. The fraction of sp³-hybridized carbons (Fsp3) is 0.462. The first-order valence-corrected chi connectivity index (χ1v) is 8.66. The maximum atomic E-state index is 11.7. The summed E-state index contributed by atoms with van der Waals surface area (Å²) in [5, 5.41) is 4.55. The quantitative estimate of drug-likeness (QED) is 0.901. The van der Waals surface area contributed by atoms with E-state index in [1.54, 1.807) is 17.1 Å². The van der Waals surface area contributed by atoms with Gasteiger partial charge < -0.3 is 5.73 Å². The van der Waals surface area contributed by atoms with Gasteiger partial charge in [0, 0.05) is 23.5 Å². The normalized spacial score (nSPS) is 20.7. The van der Waals surface area contributed by atoms with Crippen molar-refractivity contribution in [2.75, 3.05) is 17.2 Å². The summed E-state index contributed by atoms with van der Waals surface area (Å²) in [6.45, 7) is 2.00. The van der Waals surface area contributed by atoms with Crippen molar-refractivity contribution >= 4 is 15.7 Å². The smallest absolute Gasteiger partial charge is 0.152 e. The van der Waals surface area contributed by atoms with E-state index in [-0.39, 0.29) is 17.5 Å². The summed E-state index contributed by atoms with van der Waals surface area (Å²) in [4.78, 5) is 8.00. The molecular formula is C13H17N5O2S. The minimum absolute atomic E-state index is 0.104. The molecule has 3 heterocycles. The molecular weight excluding hydrogens is 290 g/mol. The zero-order valence-corrected chi connectivity index (χ0v) is 12.5. The minimum atomic E-state index is -2.98. The summed E-state index contributed by atoms with van der Waals surface area (Å²) in [5.74, 6) is 0.841. The number of nitrogens with zero attached hydrogens (tertiary/aromatic N) is 4. The Balaban J connectivity index is 2.06. The molecule has 0 radical (unpaired) electrons. The van der Waals surface area contributed by atoms with Gasteiger partial charge in [-0.15, -0.1) is 0 Å². The molecule has 1 unspecified atom stereocenters. The molecule has 0 aliphatic carbocycles. The van der Waals surface area contributed by atoms with Crippen molar-refractivity contribution in [3.63, 3.8) is 0 Å². The maximum absolute atomic E-state index is 11.7. The SMILES string of the molecule is CCc1c(-c2cncnc2)nn(C2CCS(=O)(=O)C2)c1N. The molecule has 2 aromatic rings. The molecule has 1 atom stereocenters. The molecule has 21 heavy (non-hydrogen) atoms. The topological polar surface area (TPSA) is 104 Å². The Kier molecular flexibility index (Phi) is 3.40. The van der Waals surface area contributed by atoms with Gasteiger partial charge in [0.15, 0.2) is 9.84 Å². The predicted octanol–water partition coefficient (Wildman–Crippen LogP) is 0.844. The van der Waals surface area contributed by atoms with Gasteiger partial charge in [-0.3, -0.25) is 0 Å². The molecule has 1 saturated heterocycles. The molecule has 0 saturated carbocycles. The second-order valence-electron chi connectivity index (χ2n) is 5.19. The van der Waals surface area contributed by atoms with Gasteiger partial charge in [0.05, 0.1) is 17.5 Å². The molecule has 112 valence electrons. The molecule has 1 aliphatic rings. The van der Waals surface area contributed by atoms with Gasteiger partial charge >= 0.3 is 0 Å². The Morgan fingerprint density at radius 1 is 1.38 bits per heavy atom. The van der Waals surface area contributed by atoms with E-state index in [0.717, 1.165) is 23.2 Å². The molecule has 3 rings (SSSR count). The Morgan fingerprint density at radius 2 is 2.10 bits per heavy atom. The zero-order valence-electron chi connectivity index (χ0n) is 11.7. The van der Waals surface area contributed by atoms with E-state index >= 15 is 0 Å². The lowest BCUT2D eigenvalue weighted by molar-refractivity contribution is 0.508. The predicted molar refractivity (Wildman–Crippen MR) is 79.4 cm³/mol. The average Bonchev–Trinajstić information content (AvgIpc) is 2.99. The van der Waals surface area contributed by atoms with Crippen LogP contribution in [0.2, 0.25) is 0 Å². The van der Waals surface area contributed by atoms with Crippen LogP contribution >= 0.6 is 0 Å². The number of hydrogen-bond acceptors (Lipinski definition) is 6. The molecule has 2 aromatic heterocycles. The summed E-state index contributed by atoms with van der Waals surface area (Å²) >= 11 is 0. The van der Waals surface area contributed by atoms with E-state index in [2.05, 4.69) is 15.1 Å². The monoisotopic (exact) mass is 307 g/mol. The molecule has 8 heteroatoms. The highest BCUT2D eigenvalue weighted by Crippen LogP contribution is 2.32. The van der Waals surface area contributed by atoms with Crippen molar-refractivity contribution < 1.29 is 8.42 Å². The number of anilines is 1. The van der Waals surface area contributed by atoms with Crippen molar-refractivity contribution in [2.45, 2.75) is 25.8 Å². The third kappa shape index (κ3) is 2.51. The molecule has 0 spiro atoms. The van der Waals surface area contributed by atoms with Crippen LogP contribution in [0.25, 0.3) is 11.3 Å². The minimum Gasteiger partial charge on any atom is -0.384 e. The number of nitrogen functional groups attached to an aromatic ring is 1. The Bertz CT molecular complexity index is 754. The molecule has 1 aliphatic heterocycles. The van der Waals surface area contributed by atoms with E-state index in [4.69, 9.17) is 5.73 Å². The van der Waals surface area contributed by atoms with Gasteiger partial charge in [-0.2, -0.15) is 5.10 Å². The van der Waals surface area contributed by atoms with Gasteiger partial charge in [-0.05, 0) is 12.8 Å². The number of aromatic nitrogens is 4. The average molecular weight is 307 g/mol. The van der Waals surface area contributed by atoms with Gasteiger partial charge in [0.1, 0.15) is 17.8 Å². The van der Waals surface area contributed by atoms with Gasteiger partial charge in [-0.25, -0.2) is 23.1 Å². The fourth-order valence-corrected chi connectivity index (χ4v) is 4.42. The van der Waals surface area contributed by atoms with Crippen LogP contribution in [-0.4, -0.2) is 39.7 Å². The van der Waals surface area contributed by atoms with Crippen LogP contribution in [0.1, 0.15) is 24.9 Å². The molecule has 2 N–H and O–H groups in total. The Labute approximate surface area is 123 Å². The highest BCUT2D eigenvalue weighted by molar-refractivity contribution is 7.91. The van der Waals surface area contributed by atoms with Crippen molar-refractivity contribution in [1.29, 1.82) is 0 Å². The Hall–Kier alpha value is -1.96. The van der Waals surface area contributed by atoms with Crippen molar-refractivity contribution in [3.05, 3.63) is 24.3 Å². The van der Waals surface area contributed by atoms with Crippen LogP contribution in [-0.2, 0) is 16.3 Å². The zero-order chi connectivity index (χ0) is 15.0. The van der Waals surface area contributed by atoms with E-state index in [9.17, 15) is 8.42 Å². The molecule has 7 nitrogen and oxygen atoms in total. The van der Waals surface area contributed by atoms with Crippen LogP contribution in [0.3, 0.4) is 0 Å². The van der Waals surface area contributed by atoms with Crippen molar-refractivity contribution in [3.8, 4) is 11.3 Å². The lowest BCUT2D eigenvalue weighted by Crippen LogP contribution is -2.15. The largest absolute Gasteiger partial charge is 0.384 e. The summed E-state index contributed by atoms with van der Waals surface area (Å²) in [6.07, 6.45) is 6.10. The van der Waals surface area contributed by atoms with E-state index in [1.807, 2.05) is 6.92 Å². The number of rotatable bonds is 3. The van der Waals surface area contributed by atoms with E-state index in [0.29, 0.717) is 12.2 Å². The van der Waals surface area contributed by atoms with Crippen LogP contribution < -0.4 is 5.73 Å². The first kappa shape index (κ1) is 14.0. The summed E-state index contributed by atoms with van der Waals surface area (Å²) in [7, 11) is -2.98. The Morgan fingerprint density at radius 3 is 2.67 bits per heavy atom. The summed E-state index contributed by atoms with van der Waals surface area (Å²) in [6, 6.07) is -0.182. The second kappa shape index (κ2) is 5.10. The number of nitrogens with two attached hydrogens (primary N) is 1. The van der Waals surface area contributed by atoms with E-state index in [1.165, 1.54) is 6.33 Å². The third-order valence-corrected chi connectivity index (χ3v) is 5.54. The fourth-order valence-electron chi connectivity index (χ4n) is 2.73. The van der Waals surface area contributed by atoms with Crippen molar-refractivity contribution in [1.82, 2.24) is 19.7 Å². The van der Waals surface area contributed by atoms with Crippen molar-refractivity contribution in [2.24, 2.45) is 0 Å². The maximum Gasteiger partial charge on any atom is 0.152 e. The molecule has 0 amide bonds. The van der Waals surface area contributed by atoms with Crippen LogP contribution in [0, 0.1) is 0 Å². The van der Waals surface area contributed by atoms with Gasteiger partial charge in [0.25, 0.3) is 0 Å². The summed E-state index contributed by atoms with van der Waals surface area (Å²) in [5.41, 5.74) is 8.62. The van der Waals surface area contributed by atoms with Crippen LogP contribution in [0.15, 0.2) is 18.7 Å².